The highest BCUT2D eigenvalue weighted by molar-refractivity contribution is 7.12. The van der Waals surface area contributed by atoms with Gasteiger partial charge in [0, 0.05) is 12.3 Å². The van der Waals surface area contributed by atoms with Gasteiger partial charge in [-0.05, 0) is 40.4 Å². The Morgan fingerprint density at radius 1 is 1.35 bits per heavy atom. The van der Waals surface area contributed by atoms with Crippen LogP contribution in [0.3, 0.4) is 0 Å². The third kappa shape index (κ3) is 2.86. The molecule has 4 aromatic heterocycles. The Kier molecular flexibility index (Phi) is 4.01. The maximum atomic E-state index is 12.4. The summed E-state index contributed by atoms with van der Waals surface area (Å²) < 4.78 is 8.17. The summed E-state index contributed by atoms with van der Waals surface area (Å²) in [6, 6.07) is 6.72. The lowest BCUT2D eigenvalue weighted by Gasteiger charge is -2.07. The summed E-state index contributed by atoms with van der Waals surface area (Å²) in [6.07, 6.45) is 3.05. The van der Waals surface area contributed by atoms with E-state index in [9.17, 15) is 9.59 Å². The van der Waals surface area contributed by atoms with Crippen LogP contribution in [0.4, 0.5) is 0 Å². The summed E-state index contributed by atoms with van der Waals surface area (Å²) in [5.74, 6) is -0.530. The Morgan fingerprint density at radius 3 is 3.04 bits per heavy atom. The predicted molar refractivity (Wildman–Crippen MR) is 92.3 cm³/mol. The molecule has 0 spiro atoms. The van der Waals surface area contributed by atoms with Gasteiger partial charge in [-0.25, -0.2) is 9.78 Å². The molecule has 10 heteroatoms. The number of pyridine rings is 1. The zero-order valence-corrected chi connectivity index (χ0v) is 14.4. The number of carbonyl (C=O) groups excluding carboxylic acids is 1. The first-order valence-corrected chi connectivity index (χ1v) is 8.47. The van der Waals surface area contributed by atoms with E-state index in [1.54, 1.807) is 23.7 Å². The molecule has 4 heterocycles. The number of tetrazole rings is 1. The van der Waals surface area contributed by atoms with Crippen LogP contribution in [0.1, 0.15) is 20.9 Å². The number of hydrogen-bond acceptors (Lipinski definition) is 8. The molecule has 0 unspecified atom stereocenters. The quantitative estimate of drug-likeness (QED) is 0.501. The highest BCUT2D eigenvalue weighted by Crippen LogP contribution is 2.21. The van der Waals surface area contributed by atoms with Crippen LogP contribution in [0, 0.1) is 6.92 Å². The first-order valence-electron chi connectivity index (χ1n) is 7.59. The zero-order valence-electron chi connectivity index (χ0n) is 13.6. The van der Waals surface area contributed by atoms with Crippen LogP contribution in [0.2, 0.25) is 0 Å². The molecule has 4 aromatic rings. The molecule has 0 saturated heterocycles. The van der Waals surface area contributed by atoms with Gasteiger partial charge in [0.1, 0.15) is 23.5 Å². The zero-order chi connectivity index (χ0) is 18.1. The van der Waals surface area contributed by atoms with E-state index < -0.39 is 5.97 Å². The number of carbonyl (C=O) groups is 1. The van der Waals surface area contributed by atoms with Crippen LogP contribution in [-0.4, -0.2) is 35.6 Å². The van der Waals surface area contributed by atoms with Crippen LogP contribution in [0.25, 0.3) is 11.3 Å². The molecule has 0 aliphatic rings. The minimum atomic E-state index is -0.530. The van der Waals surface area contributed by atoms with E-state index in [0.29, 0.717) is 21.9 Å². The molecule has 0 saturated carbocycles. The second-order valence-electron chi connectivity index (χ2n) is 5.44. The van der Waals surface area contributed by atoms with Gasteiger partial charge in [-0.2, -0.15) is 4.68 Å². The molecule has 4 rings (SSSR count). The van der Waals surface area contributed by atoms with Crippen molar-refractivity contribution in [2.75, 3.05) is 0 Å². The summed E-state index contributed by atoms with van der Waals surface area (Å²) >= 11 is 1.22. The molecule has 0 radical (unpaired) electrons. The fourth-order valence-corrected chi connectivity index (χ4v) is 3.27. The van der Waals surface area contributed by atoms with Crippen LogP contribution < -0.4 is 5.56 Å². The highest BCUT2D eigenvalue weighted by Gasteiger charge is 2.17. The number of rotatable bonds is 4. The van der Waals surface area contributed by atoms with E-state index >= 15 is 0 Å². The molecule has 0 atom stereocenters. The van der Waals surface area contributed by atoms with Gasteiger partial charge in [-0.1, -0.05) is 6.07 Å². The fraction of sp³-hybridized carbons (Fsp3) is 0.125. The third-order valence-corrected chi connectivity index (χ3v) is 4.60. The molecule has 0 aliphatic heterocycles. The third-order valence-electron chi connectivity index (χ3n) is 3.72. The molecule has 0 aromatic carbocycles. The second kappa shape index (κ2) is 6.48. The van der Waals surface area contributed by atoms with Gasteiger partial charge in [0.05, 0.1) is 11.4 Å². The maximum absolute atomic E-state index is 12.4. The molecule has 0 bridgehead atoms. The van der Waals surface area contributed by atoms with Crippen LogP contribution in [0.15, 0.2) is 47.0 Å². The van der Waals surface area contributed by atoms with Gasteiger partial charge >= 0.3 is 5.97 Å². The minimum Gasteiger partial charge on any atom is -0.455 e. The highest BCUT2D eigenvalue weighted by atomic mass is 32.1. The monoisotopic (exact) mass is 368 g/mol. The van der Waals surface area contributed by atoms with Crippen LogP contribution in [-0.2, 0) is 11.3 Å². The summed E-state index contributed by atoms with van der Waals surface area (Å²) in [7, 11) is 0. The van der Waals surface area contributed by atoms with Gasteiger partial charge in [-0.15, -0.1) is 16.4 Å². The van der Waals surface area contributed by atoms with E-state index in [-0.39, 0.29) is 12.2 Å². The predicted octanol–water partition coefficient (Wildman–Crippen LogP) is 1.40. The first kappa shape index (κ1) is 16.1. The van der Waals surface area contributed by atoms with E-state index in [2.05, 4.69) is 20.5 Å². The van der Waals surface area contributed by atoms with E-state index in [1.807, 2.05) is 13.0 Å². The smallest absolute Gasteiger partial charge is 0.350 e. The molecule has 130 valence electrons. The lowest BCUT2D eigenvalue weighted by molar-refractivity contribution is 0.0473. The van der Waals surface area contributed by atoms with Crippen molar-refractivity contribution in [3.8, 4) is 5.69 Å². The Bertz CT molecular complexity index is 1150. The Morgan fingerprint density at radius 2 is 2.23 bits per heavy atom. The van der Waals surface area contributed by atoms with Crippen LogP contribution in [0.5, 0.6) is 0 Å². The molecule has 0 aliphatic carbocycles. The van der Waals surface area contributed by atoms with Gasteiger partial charge in [0.25, 0.3) is 5.56 Å². The van der Waals surface area contributed by atoms with Gasteiger partial charge in [-0.3, -0.25) is 9.20 Å². The van der Waals surface area contributed by atoms with Crippen molar-refractivity contribution in [3.63, 3.8) is 0 Å². The SMILES string of the molecule is Cc1cccn2c(=O)cc(COC(=O)c3sccc3-n3cnnn3)nc12. The summed E-state index contributed by atoms with van der Waals surface area (Å²) in [6.45, 7) is 1.76. The normalized spacial score (nSPS) is 11.0. The molecule has 0 N–H and O–H groups in total. The van der Waals surface area contributed by atoms with Crippen molar-refractivity contribution in [2.45, 2.75) is 13.5 Å². The first-order chi connectivity index (χ1) is 12.6. The van der Waals surface area contributed by atoms with Crippen molar-refractivity contribution >= 4 is 23.0 Å². The van der Waals surface area contributed by atoms with Crippen molar-refractivity contribution in [2.24, 2.45) is 0 Å². The van der Waals surface area contributed by atoms with Gasteiger partial charge < -0.3 is 4.74 Å². The van der Waals surface area contributed by atoms with E-state index in [4.69, 9.17) is 4.74 Å². The van der Waals surface area contributed by atoms with Crippen LogP contribution >= 0.6 is 11.3 Å². The van der Waals surface area contributed by atoms with Crippen molar-refractivity contribution in [1.82, 2.24) is 29.6 Å². The number of aromatic nitrogens is 6. The van der Waals surface area contributed by atoms with Gasteiger partial charge in [0.15, 0.2) is 0 Å². The number of hydrogen-bond donors (Lipinski definition) is 0. The van der Waals surface area contributed by atoms with Crippen molar-refractivity contribution < 1.29 is 9.53 Å². The largest absolute Gasteiger partial charge is 0.455 e. The number of esters is 1. The lowest BCUT2D eigenvalue weighted by Crippen LogP contribution is -2.17. The number of fused-ring (bicyclic) bond motifs is 1. The fourth-order valence-electron chi connectivity index (χ4n) is 2.50. The number of aryl methyl sites for hydroxylation is 1. The molecular weight excluding hydrogens is 356 g/mol. The molecular formula is C16H12N6O3S. The Labute approximate surface area is 150 Å². The van der Waals surface area contributed by atoms with Gasteiger partial charge in [0.2, 0.25) is 0 Å². The topological polar surface area (TPSA) is 104 Å². The van der Waals surface area contributed by atoms with E-state index in [0.717, 1.165) is 5.56 Å². The number of ether oxygens (including phenoxy) is 1. The standard InChI is InChI=1S/C16H12N6O3S/c1-10-3-2-5-21-13(23)7-11(18-15(10)21)8-25-16(24)14-12(4-6-26-14)22-9-17-19-20-22/h2-7,9H,8H2,1H3. The number of nitrogens with zero attached hydrogens (tertiary/aromatic N) is 6. The summed E-state index contributed by atoms with van der Waals surface area (Å²) in [5, 5.41) is 12.6. The average molecular weight is 368 g/mol. The van der Waals surface area contributed by atoms with E-state index in [1.165, 1.54) is 32.8 Å². The Hall–Kier alpha value is -3.40. The summed E-state index contributed by atoms with van der Waals surface area (Å²) in [4.78, 5) is 29.4. The average Bonchev–Trinajstić information content (AvgIpc) is 3.31. The lowest BCUT2D eigenvalue weighted by atomic mass is 10.3. The molecule has 0 fully saturated rings. The Balaban J connectivity index is 1.58. The van der Waals surface area contributed by atoms with Crippen molar-refractivity contribution in [1.29, 1.82) is 0 Å². The molecule has 26 heavy (non-hydrogen) atoms. The molecule has 0 amide bonds. The minimum absolute atomic E-state index is 0.105. The molecule has 9 nitrogen and oxygen atoms in total. The summed E-state index contributed by atoms with van der Waals surface area (Å²) in [5.41, 5.74) is 2.09. The van der Waals surface area contributed by atoms with Crippen molar-refractivity contribution in [3.05, 3.63) is 68.7 Å². The number of thiophene rings is 1. The second-order valence-corrected chi connectivity index (χ2v) is 6.35. The maximum Gasteiger partial charge on any atom is 0.350 e.